The van der Waals surface area contributed by atoms with Crippen molar-refractivity contribution in [1.29, 1.82) is 0 Å². The van der Waals surface area contributed by atoms with Crippen molar-refractivity contribution in [2.24, 2.45) is 0 Å². The Morgan fingerprint density at radius 1 is 1.07 bits per heavy atom. The van der Waals surface area contributed by atoms with E-state index in [0.717, 1.165) is 32.8 Å². The summed E-state index contributed by atoms with van der Waals surface area (Å²) in [5.41, 5.74) is 4.82. The minimum atomic E-state index is -3.60. The lowest BCUT2D eigenvalue weighted by molar-refractivity contribution is -0.120. The fraction of sp³-hybridized carbons (Fsp3) is 0.435. The van der Waals surface area contributed by atoms with E-state index in [9.17, 15) is 13.2 Å². The van der Waals surface area contributed by atoms with Gasteiger partial charge in [-0.3, -0.25) is 9.10 Å². The fourth-order valence-electron chi connectivity index (χ4n) is 3.33. The minimum Gasteiger partial charge on any atom is -0.348 e. The van der Waals surface area contributed by atoms with Gasteiger partial charge in [-0.1, -0.05) is 56.7 Å². The number of sulfonamides is 1. The number of nitrogens with zero attached hydrogens (tertiary/aromatic N) is 1. The monoisotopic (exact) mass is 416 g/mol. The van der Waals surface area contributed by atoms with E-state index in [1.54, 1.807) is 12.1 Å². The summed E-state index contributed by atoms with van der Waals surface area (Å²) in [5, 5.41) is 2.92. The van der Waals surface area contributed by atoms with E-state index in [-0.39, 0.29) is 23.9 Å². The first kappa shape index (κ1) is 22.9. The highest BCUT2D eigenvalue weighted by Gasteiger charge is 2.23. The van der Waals surface area contributed by atoms with Gasteiger partial charge in [0.05, 0.1) is 18.0 Å². The summed E-state index contributed by atoms with van der Waals surface area (Å²) in [6.45, 7) is 12.0. The second-order valence-corrected chi connectivity index (χ2v) is 10.6. The lowest BCUT2D eigenvalue weighted by Gasteiger charge is -2.25. The Hall–Kier alpha value is -2.34. The molecule has 0 aromatic heterocycles. The summed E-state index contributed by atoms with van der Waals surface area (Å²) in [6.07, 6.45) is 1.12. The van der Waals surface area contributed by atoms with Crippen molar-refractivity contribution in [2.75, 3.05) is 17.1 Å². The molecule has 1 amide bonds. The number of aryl methyl sites for hydroxylation is 2. The van der Waals surface area contributed by atoms with Gasteiger partial charge in [-0.05, 0) is 55.0 Å². The van der Waals surface area contributed by atoms with E-state index in [0.29, 0.717) is 5.69 Å². The van der Waals surface area contributed by atoms with Crippen molar-refractivity contribution in [1.82, 2.24) is 5.32 Å². The summed E-state index contributed by atoms with van der Waals surface area (Å²) in [7, 11) is -3.60. The van der Waals surface area contributed by atoms with Crippen LogP contribution in [0.15, 0.2) is 42.5 Å². The Labute approximate surface area is 175 Å². The van der Waals surface area contributed by atoms with E-state index in [1.807, 2.05) is 45.0 Å². The summed E-state index contributed by atoms with van der Waals surface area (Å²) in [5.74, 6) is -0.345. The summed E-state index contributed by atoms with van der Waals surface area (Å²) in [6, 6.07) is 13.2. The predicted molar refractivity (Wildman–Crippen MR) is 120 cm³/mol. The first-order valence-corrected chi connectivity index (χ1v) is 11.6. The number of carbonyl (C=O) groups is 1. The van der Waals surface area contributed by atoms with Gasteiger partial charge in [0.15, 0.2) is 0 Å². The largest absolute Gasteiger partial charge is 0.348 e. The van der Waals surface area contributed by atoms with Crippen LogP contribution in [0.4, 0.5) is 5.69 Å². The summed E-state index contributed by atoms with van der Waals surface area (Å²) in [4.78, 5) is 12.6. The number of nitrogens with one attached hydrogen (secondary N) is 1. The lowest BCUT2D eigenvalue weighted by Crippen LogP contribution is -2.41. The molecule has 1 atom stereocenters. The van der Waals surface area contributed by atoms with Crippen molar-refractivity contribution in [3.05, 3.63) is 64.7 Å². The molecule has 2 aromatic carbocycles. The second-order valence-electron chi connectivity index (χ2n) is 8.72. The Kier molecular flexibility index (Phi) is 6.78. The average molecular weight is 417 g/mol. The Balaban J connectivity index is 2.19. The molecule has 2 rings (SSSR count). The van der Waals surface area contributed by atoms with Crippen LogP contribution in [-0.2, 0) is 20.2 Å². The highest BCUT2D eigenvalue weighted by Crippen LogP contribution is 2.26. The zero-order chi connectivity index (χ0) is 22.0. The molecule has 0 heterocycles. The van der Waals surface area contributed by atoms with Gasteiger partial charge < -0.3 is 5.32 Å². The zero-order valence-corrected chi connectivity index (χ0v) is 19.2. The minimum absolute atomic E-state index is 0.0346. The van der Waals surface area contributed by atoms with Crippen molar-refractivity contribution in [3.8, 4) is 0 Å². The maximum atomic E-state index is 12.6. The Morgan fingerprint density at radius 3 is 2.14 bits per heavy atom. The first-order chi connectivity index (χ1) is 13.3. The molecule has 0 spiro atoms. The van der Waals surface area contributed by atoms with Gasteiger partial charge in [-0.25, -0.2) is 8.42 Å². The topological polar surface area (TPSA) is 66.5 Å². The van der Waals surface area contributed by atoms with E-state index in [2.05, 4.69) is 32.2 Å². The van der Waals surface area contributed by atoms with Crippen molar-refractivity contribution < 1.29 is 13.2 Å². The summed E-state index contributed by atoms with van der Waals surface area (Å²) < 4.78 is 25.8. The van der Waals surface area contributed by atoms with E-state index < -0.39 is 10.0 Å². The molecule has 1 N–H and O–H groups in total. The van der Waals surface area contributed by atoms with Crippen LogP contribution in [0.25, 0.3) is 0 Å². The van der Waals surface area contributed by atoms with Gasteiger partial charge in [0, 0.05) is 0 Å². The number of benzene rings is 2. The molecule has 29 heavy (non-hydrogen) atoms. The molecule has 0 fully saturated rings. The molecule has 0 aliphatic carbocycles. The standard InChI is InChI=1S/C23H32N2O3S/c1-16-8-13-21(17(2)14-16)18(3)24-22(26)15-25(29(7,27)28)20-11-9-19(10-12-20)23(4,5)6/h8-14,18H,15H2,1-7H3,(H,24,26)/t18-/m0/s1. The van der Waals surface area contributed by atoms with Crippen LogP contribution in [0.3, 0.4) is 0 Å². The van der Waals surface area contributed by atoms with Crippen LogP contribution < -0.4 is 9.62 Å². The Bertz CT molecular complexity index is 974. The van der Waals surface area contributed by atoms with E-state index >= 15 is 0 Å². The van der Waals surface area contributed by atoms with Crippen LogP contribution in [0, 0.1) is 13.8 Å². The van der Waals surface area contributed by atoms with Gasteiger partial charge in [0.2, 0.25) is 15.9 Å². The molecule has 2 aromatic rings. The molecule has 0 aliphatic heterocycles. The van der Waals surface area contributed by atoms with Crippen LogP contribution in [0.5, 0.6) is 0 Å². The number of amides is 1. The first-order valence-electron chi connectivity index (χ1n) is 9.74. The maximum absolute atomic E-state index is 12.6. The smallest absolute Gasteiger partial charge is 0.241 e. The van der Waals surface area contributed by atoms with Gasteiger partial charge in [-0.15, -0.1) is 0 Å². The molecule has 0 aliphatic rings. The van der Waals surface area contributed by atoms with Gasteiger partial charge in [0.1, 0.15) is 6.54 Å². The highest BCUT2D eigenvalue weighted by atomic mass is 32.2. The van der Waals surface area contributed by atoms with Gasteiger partial charge in [-0.2, -0.15) is 0 Å². The Morgan fingerprint density at radius 2 is 1.66 bits per heavy atom. The summed E-state index contributed by atoms with van der Waals surface area (Å²) >= 11 is 0. The zero-order valence-electron chi connectivity index (χ0n) is 18.4. The quantitative estimate of drug-likeness (QED) is 0.766. The third kappa shape index (κ3) is 6.07. The van der Waals surface area contributed by atoms with Crippen molar-refractivity contribution in [3.63, 3.8) is 0 Å². The van der Waals surface area contributed by atoms with Gasteiger partial charge in [0.25, 0.3) is 0 Å². The lowest BCUT2D eigenvalue weighted by atomic mass is 9.87. The molecule has 6 heteroatoms. The van der Waals surface area contributed by atoms with Crippen molar-refractivity contribution >= 4 is 21.6 Å². The van der Waals surface area contributed by atoms with Crippen LogP contribution >= 0.6 is 0 Å². The fourth-order valence-corrected chi connectivity index (χ4v) is 4.19. The molecule has 0 unspecified atom stereocenters. The molecule has 5 nitrogen and oxygen atoms in total. The molecule has 0 bridgehead atoms. The third-order valence-electron chi connectivity index (χ3n) is 4.98. The molecular formula is C23H32N2O3S. The van der Waals surface area contributed by atoms with Gasteiger partial charge >= 0.3 is 0 Å². The van der Waals surface area contributed by atoms with E-state index in [4.69, 9.17) is 0 Å². The number of rotatable bonds is 6. The number of carbonyl (C=O) groups excluding carboxylic acids is 1. The van der Waals surface area contributed by atoms with Crippen LogP contribution in [-0.4, -0.2) is 27.1 Å². The molecule has 0 radical (unpaired) electrons. The molecule has 0 saturated carbocycles. The highest BCUT2D eigenvalue weighted by molar-refractivity contribution is 7.92. The molecule has 158 valence electrons. The number of hydrogen-bond acceptors (Lipinski definition) is 3. The SMILES string of the molecule is Cc1ccc([C@H](C)NC(=O)CN(c2ccc(C(C)(C)C)cc2)S(C)(=O)=O)c(C)c1. The maximum Gasteiger partial charge on any atom is 0.241 e. The molecular weight excluding hydrogens is 384 g/mol. The second kappa shape index (κ2) is 8.57. The number of hydrogen-bond donors (Lipinski definition) is 1. The average Bonchev–Trinajstić information content (AvgIpc) is 2.58. The van der Waals surface area contributed by atoms with E-state index in [1.165, 1.54) is 0 Å². The third-order valence-corrected chi connectivity index (χ3v) is 6.12. The predicted octanol–water partition coefficient (Wildman–Crippen LogP) is 4.24. The number of anilines is 1. The molecule has 0 saturated heterocycles. The van der Waals surface area contributed by atoms with Crippen molar-refractivity contribution in [2.45, 2.75) is 53.0 Å². The van der Waals surface area contributed by atoms with Crippen LogP contribution in [0.1, 0.15) is 56.0 Å². The normalized spacial score (nSPS) is 13.1. The van der Waals surface area contributed by atoms with Crippen LogP contribution in [0.2, 0.25) is 0 Å².